The molecule has 0 saturated carbocycles. The number of hydrogen-bond donors (Lipinski definition) is 1. The van der Waals surface area contributed by atoms with E-state index in [2.05, 4.69) is 36.5 Å². The van der Waals surface area contributed by atoms with Crippen molar-refractivity contribution in [3.8, 4) is 0 Å². The normalized spacial score (nSPS) is 10.9. The minimum Gasteiger partial charge on any atom is -0.356 e. The Kier molecular flexibility index (Phi) is 10.3. The van der Waals surface area contributed by atoms with Gasteiger partial charge in [0.25, 0.3) is 0 Å². The molecule has 1 amide bonds. The molecular formula is C25H35NO. The van der Waals surface area contributed by atoms with Crippen LogP contribution in [0.1, 0.15) is 81.8 Å². The first-order valence-corrected chi connectivity index (χ1v) is 10.7. The van der Waals surface area contributed by atoms with Crippen molar-refractivity contribution in [3.63, 3.8) is 0 Å². The van der Waals surface area contributed by atoms with E-state index >= 15 is 0 Å². The Morgan fingerprint density at radius 2 is 1.22 bits per heavy atom. The van der Waals surface area contributed by atoms with Crippen molar-refractivity contribution < 1.29 is 4.79 Å². The largest absolute Gasteiger partial charge is 0.356 e. The molecule has 1 N–H and O–H groups in total. The zero-order valence-corrected chi connectivity index (χ0v) is 16.8. The number of amides is 1. The second kappa shape index (κ2) is 13.1. The van der Waals surface area contributed by atoms with Gasteiger partial charge in [0.1, 0.15) is 0 Å². The maximum atomic E-state index is 12.5. The molecule has 0 bridgehead atoms. The van der Waals surface area contributed by atoms with Gasteiger partial charge in [-0.05, 0) is 17.5 Å². The first kappa shape index (κ1) is 21.2. The van der Waals surface area contributed by atoms with Crippen LogP contribution in [0.2, 0.25) is 0 Å². The monoisotopic (exact) mass is 365 g/mol. The van der Waals surface area contributed by atoms with Crippen LogP contribution in [-0.4, -0.2) is 12.5 Å². The van der Waals surface area contributed by atoms with Crippen LogP contribution in [0.5, 0.6) is 0 Å². The SMILES string of the molecule is CCCCCCCCCCNC(=O)CC(c1ccccc1)c1ccccc1. The van der Waals surface area contributed by atoms with Crippen LogP contribution in [0.25, 0.3) is 0 Å². The quantitative estimate of drug-likeness (QED) is 0.405. The van der Waals surface area contributed by atoms with Gasteiger partial charge < -0.3 is 5.32 Å². The zero-order valence-electron chi connectivity index (χ0n) is 16.8. The second-order valence-corrected chi connectivity index (χ2v) is 7.40. The maximum Gasteiger partial charge on any atom is 0.220 e. The molecule has 2 aromatic carbocycles. The molecule has 0 aromatic heterocycles. The van der Waals surface area contributed by atoms with Crippen LogP contribution in [0.4, 0.5) is 0 Å². The molecule has 0 spiro atoms. The Hall–Kier alpha value is -2.09. The van der Waals surface area contributed by atoms with Crippen molar-refractivity contribution >= 4 is 5.91 Å². The van der Waals surface area contributed by atoms with E-state index in [1.165, 1.54) is 56.1 Å². The number of carbonyl (C=O) groups excluding carboxylic acids is 1. The van der Waals surface area contributed by atoms with E-state index in [1.807, 2.05) is 36.4 Å². The number of rotatable bonds is 13. The summed E-state index contributed by atoms with van der Waals surface area (Å²) in [5, 5.41) is 3.12. The first-order valence-electron chi connectivity index (χ1n) is 10.7. The number of carbonyl (C=O) groups is 1. The minimum atomic E-state index is 0.117. The van der Waals surface area contributed by atoms with Crippen LogP contribution >= 0.6 is 0 Å². The summed E-state index contributed by atoms with van der Waals surface area (Å²) in [5.74, 6) is 0.265. The molecule has 0 aliphatic heterocycles. The number of hydrogen-bond acceptors (Lipinski definition) is 1. The molecule has 0 aliphatic rings. The summed E-state index contributed by atoms with van der Waals surface area (Å²) in [5.41, 5.74) is 2.40. The number of benzene rings is 2. The Balaban J connectivity index is 1.73. The molecule has 2 aromatic rings. The molecule has 0 atom stereocenters. The lowest BCUT2D eigenvalue weighted by molar-refractivity contribution is -0.121. The zero-order chi connectivity index (χ0) is 19.2. The predicted molar refractivity (Wildman–Crippen MR) is 115 cm³/mol. The molecule has 27 heavy (non-hydrogen) atoms. The van der Waals surface area contributed by atoms with Gasteiger partial charge in [0.15, 0.2) is 0 Å². The molecular weight excluding hydrogens is 330 g/mol. The van der Waals surface area contributed by atoms with E-state index in [0.717, 1.165) is 13.0 Å². The van der Waals surface area contributed by atoms with E-state index in [9.17, 15) is 4.79 Å². The summed E-state index contributed by atoms with van der Waals surface area (Å²) in [4.78, 5) is 12.5. The number of unbranched alkanes of at least 4 members (excludes halogenated alkanes) is 7. The Bertz CT molecular complexity index is 584. The third-order valence-corrected chi connectivity index (χ3v) is 5.15. The van der Waals surface area contributed by atoms with Gasteiger partial charge in [-0.3, -0.25) is 4.79 Å². The highest BCUT2D eigenvalue weighted by Gasteiger charge is 2.17. The van der Waals surface area contributed by atoms with Gasteiger partial charge in [-0.25, -0.2) is 0 Å². The third kappa shape index (κ3) is 8.43. The highest BCUT2D eigenvalue weighted by Crippen LogP contribution is 2.27. The van der Waals surface area contributed by atoms with Crippen molar-refractivity contribution in [1.29, 1.82) is 0 Å². The molecule has 0 heterocycles. The van der Waals surface area contributed by atoms with Gasteiger partial charge in [0.2, 0.25) is 5.91 Å². The average molecular weight is 366 g/mol. The molecule has 2 rings (SSSR count). The first-order chi connectivity index (χ1) is 13.3. The van der Waals surface area contributed by atoms with Crippen molar-refractivity contribution in [2.24, 2.45) is 0 Å². The van der Waals surface area contributed by atoms with Crippen molar-refractivity contribution in [3.05, 3.63) is 71.8 Å². The van der Waals surface area contributed by atoms with Crippen molar-refractivity contribution in [1.82, 2.24) is 5.32 Å². The summed E-state index contributed by atoms with van der Waals surface area (Å²) in [6.45, 7) is 3.05. The fourth-order valence-corrected chi connectivity index (χ4v) is 3.54. The number of nitrogens with one attached hydrogen (secondary N) is 1. The van der Waals surface area contributed by atoms with Crippen LogP contribution in [0, 0.1) is 0 Å². The topological polar surface area (TPSA) is 29.1 Å². The second-order valence-electron chi connectivity index (χ2n) is 7.40. The van der Waals surface area contributed by atoms with Gasteiger partial charge in [-0.1, -0.05) is 113 Å². The van der Waals surface area contributed by atoms with Crippen LogP contribution in [-0.2, 0) is 4.79 Å². The minimum absolute atomic E-state index is 0.117. The van der Waals surface area contributed by atoms with E-state index in [4.69, 9.17) is 0 Å². The van der Waals surface area contributed by atoms with E-state index < -0.39 is 0 Å². The summed E-state index contributed by atoms with van der Waals surface area (Å²) in [6.07, 6.45) is 10.8. The highest BCUT2D eigenvalue weighted by atomic mass is 16.1. The van der Waals surface area contributed by atoms with Crippen molar-refractivity contribution in [2.45, 2.75) is 70.6 Å². The van der Waals surface area contributed by atoms with E-state index in [-0.39, 0.29) is 11.8 Å². The summed E-state index contributed by atoms with van der Waals surface area (Å²) in [6, 6.07) is 20.7. The van der Waals surface area contributed by atoms with Gasteiger partial charge >= 0.3 is 0 Å². The molecule has 0 unspecified atom stereocenters. The molecule has 0 saturated heterocycles. The molecule has 2 heteroatoms. The third-order valence-electron chi connectivity index (χ3n) is 5.15. The van der Waals surface area contributed by atoms with Crippen LogP contribution in [0.15, 0.2) is 60.7 Å². The summed E-state index contributed by atoms with van der Waals surface area (Å²) < 4.78 is 0. The average Bonchev–Trinajstić information content (AvgIpc) is 2.72. The summed E-state index contributed by atoms with van der Waals surface area (Å²) >= 11 is 0. The van der Waals surface area contributed by atoms with Crippen LogP contribution < -0.4 is 5.32 Å². The lowest BCUT2D eigenvalue weighted by Crippen LogP contribution is -2.26. The lowest BCUT2D eigenvalue weighted by Gasteiger charge is -2.18. The smallest absolute Gasteiger partial charge is 0.220 e. The van der Waals surface area contributed by atoms with Gasteiger partial charge in [0, 0.05) is 18.9 Å². The molecule has 0 radical (unpaired) electrons. The molecule has 2 nitrogen and oxygen atoms in total. The van der Waals surface area contributed by atoms with Gasteiger partial charge in [0.05, 0.1) is 0 Å². The highest BCUT2D eigenvalue weighted by molar-refractivity contribution is 5.77. The molecule has 0 fully saturated rings. The lowest BCUT2D eigenvalue weighted by atomic mass is 9.88. The Morgan fingerprint density at radius 3 is 1.74 bits per heavy atom. The van der Waals surface area contributed by atoms with Gasteiger partial charge in [-0.2, -0.15) is 0 Å². The fourth-order valence-electron chi connectivity index (χ4n) is 3.54. The Morgan fingerprint density at radius 1 is 0.741 bits per heavy atom. The Labute approximate surface area is 165 Å². The van der Waals surface area contributed by atoms with Crippen LogP contribution in [0.3, 0.4) is 0 Å². The predicted octanol–water partition coefficient (Wildman–Crippen LogP) is 6.47. The van der Waals surface area contributed by atoms with E-state index in [1.54, 1.807) is 0 Å². The fraction of sp³-hybridized carbons (Fsp3) is 0.480. The molecule has 146 valence electrons. The maximum absolute atomic E-state index is 12.5. The van der Waals surface area contributed by atoms with Gasteiger partial charge in [-0.15, -0.1) is 0 Å². The molecule has 0 aliphatic carbocycles. The standard InChI is InChI=1S/C25H35NO/c1-2-3-4-5-6-7-8-15-20-26-25(27)21-24(22-16-11-9-12-17-22)23-18-13-10-14-19-23/h9-14,16-19,24H,2-8,15,20-21H2,1H3,(H,26,27). The van der Waals surface area contributed by atoms with E-state index in [0.29, 0.717) is 6.42 Å². The van der Waals surface area contributed by atoms with Crippen molar-refractivity contribution in [2.75, 3.05) is 6.54 Å². The summed E-state index contributed by atoms with van der Waals surface area (Å²) in [7, 11) is 0.